The van der Waals surface area contributed by atoms with Crippen molar-refractivity contribution < 1.29 is 13.5 Å². The molecule has 1 aliphatic rings. The number of fused-ring (bicyclic) bond motifs is 1. The monoisotopic (exact) mass is 389 g/mol. The van der Waals surface area contributed by atoms with Gasteiger partial charge in [-0.3, -0.25) is 0 Å². The highest BCUT2D eigenvalue weighted by Crippen LogP contribution is 2.37. The molecule has 0 spiro atoms. The Morgan fingerprint density at radius 2 is 2.00 bits per heavy atom. The summed E-state index contributed by atoms with van der Waals surface area (Å²) >= 11 is 6.19. The minimum Gasteiger partial charge on any atom is -0.494 e. The molecule has 4 rings (SSSR count). The molecule has 1 N–H and O–H groups in total. The first-order chi connectivity index (χ1) is 13.1. The maximum Gasteiger partial charge on any atom is 0.144 e. The third kappa shape index (κ3) is 3.25. The lowest BCUT2D eigenvalue weighted by Gasteiger charge is -2.13. The van der Waals surface area contributed by atoms with Gasteiger partial charge in [0, 0.05) is 28.8 Å². The third-order valence-electron chi connectivity index (χ3n) is 4.68. The average molecular weight is 390 g/mol. The van der Waals surface area contributed by atoms with Crippen molar-refractivity contribution in [3.8, 4) is 22.7 Å². The first-order valence-corrected chi connectivity index (χ1v) is 9.11. The zero-order valence-electron chi connectivity index (χ0n) is 14.7. The molecule has 0 amide bonds. The van der Waals surface area contributed by atoms with Gasteiger partial charge in [-0.2, -0.15) is 5.10 Å². The third-order valence-corrected chi connectivity index (χ3v) is 4.92. The number of methoxy groups -OCH3 is 1. The smallest absolute Gasteiger partial charge is 0.144 e. The predicted molar refractivity (Wildman–Crippen MR) is 102 cm³/mol. The highest BCUT2D eigenvalue weighted by molar-refractivity contribution is 6.30. The minimum atomic E-state index is -0.634. The molecule has 0 radical (unpaired) electrons. The van der Waals surface area contributed by atoms with Gasteiger partial charge in [-0.1, -0.05) is 11.6 Å². The summed E-state index contributed by atoms with van der Waals surface area (Å²) in [4.78, 5) is 0. The molecule has 1 aromatic heterocycles. The molecule has 4 nitrogen and oxygen atoms in total. The molecule has 0 aliphatic carbocycles. The van der Waals surface area contributed by atoms with E-state index in [1.165, 1.54) is 12.1 Å². The molecule has 0 saturated heterocycles. The molecule has 0 saturated carbocycles. The van der Waals surface area contributed by atoms with Gasteiger partial charge in [0.2, 0.25) is 0 Å². The Balaban J connectivity index is 1.96. The van der Waals surface area contributed by atoms with Crippen LogP contribution in [0.2, 0.25) is 5.02 Å². The van der Waals surface area contributed by atoms with E-state index in [0.29, 0.717) is 22.2 Å². The fourth-order valence-electron chi connectivity index (χ4n) is 3.40. The maximum atomic E-state index is 14.5. The van der Waals surface area contributed by atoms with E-state index < -0.39 is 11.6 Å². The van der Waals surface area contributed by atoms with Crippen molar-refractivity contribution in [3.63, 3.8) is 0 Å². The molecule has 0 atom stereocenters. The lowest BCUT2D eigenvalue weighted by atomic mass is 10.0. The fourth-order valence-corrected chi connectivity index (χ4v) is 3.57. The molecule has 2 aromatic carbocycles. The van der Waals surface area contributed by atoms with E-state index in [-0.39, 0.29) is 5.56 Å². The minimum absolute atomic E-state index is 0.274. The van der Waals surface area contributed by atoms with E-state index >= 15 is 0 Å². The van der Waals surface area contributed by atoms with Crippen LogP contribution in [0.1, 0.15) is 18.4 Å². The van der Waals surface area contributed by atoms with E-state index in [4.69, 9.17) is 16.3 Å². The van der Waals surface area contributed by atoms with Crippen LogP contribution in [0.3, 0.4) is 0 Å². The van der Waals surface area contributed by atoms with Crippen molar-refractivity contribution >= 4 is 17.4 Å². The first kappa shape index (κ1) is 17.8. The molecule has 140 valence electrons. The van der Waals surface area contributed by atoms with Crippen LogP contribution in [0.5, 0.6) is 5.75 Å². The largest absolute Gasteiger partial charge is 0.494 e. The van der Waals surface area contributed by atoms with Gasteiger partial charge < -0.3 is 10.1 Å². The topological polar surface area (TPSA) is 39.1 Å². The summed E-state index contributed by atoms with van der Waals surface area (Å²) in [6, 6.07) is 8.81. The molecule has 0 unspecified atom stereocenters. The van der Waals surface area contributed by atoms with Crippen LogP contribution in [0.15, 0.2) is 36.4 Å². The van der Waals surface area contributed by atoms with Crippen molar-refractivity contribution in [1.29, 1.82) is 0 Å². The molecule has 3 aromatic rings. The van der Waals surface area contributed by atoms with Gasteiger partial charge in [-0.15, -0.1) is 0 Å². The Morgan fingerprint density at radius 3 is 2.78 bits per heavy atom. The average Bonchev–Trinajstić information content (AvgIpc) is 2.83. The van der Waals surface area contributed by atoms with Crippen LogP contribution in [0.4, 0.5) is 14.6 Å². The van der Waals surface area contributed by atoms with Gasteiger partial charge in [0.1, 0.15) is 34.6 Å². The van der Waals surface area contributed by atoms with E-state index in [0.717, 1.165) is 43.3 Å². The summed E-state index contributed by atoms with van der Waals surface area (Å²) in [5.74, 6) is 0.134. The Hall–Kier alpha value is -2.60. The van der Waals surface area contributed by atoms with Gasteiger partial charge in [0.25, 0.3) is 0 Å². The summed E-state index contributed by atoms with van der Waals surface area (Å²) in [5, 5.41) is 8.60. The number of hydrogen-bond acceptors (Lipinski definition) is 3. The summed E-state index contributed by atoms with van der Waals surface area (Å²) in [6.07, 6.45) is 2.69. The van der Waals surface area contributed by atoms with Crippen molar-refractivity contribution in [2.75, 3.05) is 19.0 Å². The zero-order chi connectivity index (χ0) is 19.0. The fraction of sp³-hybridized carbons (Fsp3) is 0.250. The van der Waals surface area contributed by atoms with E-state index in [1.807, 2.05) is 0 Å². The second kappa shape index (κ2) is 7.19. The van der Waals surface area contributed by atoms with Gasteiger partial charge in [0.15, 0.2) is 0 Å². The predicted octanol–water partition coefficient (Wildman–Crippen LogP) is 5.23. The highest BCUT2D eigenvalue weighted by atomic mass is 35.5. The molecule has 0 bridgehead atoms. The van der Waals surface area contributed by atoms with Crippen LogP contribution < -0.4 is 10.1 Å². The van der Waals surface area contributed by atoms with Crippen molar-refractivity contribution in [1.82, 2.24) is 9.78 Å². The second-order valence-electron chi connectivity index (χ2n) is 6.41. The lowest BCUT2D eigenvalue weighted by molar-refractivity contribution is 0.412. The zero-order valence-corrected chi connectivity index (χ0v) is 15.5. The number of halogens is 3. The van der Waals surface area contributed by atoms with E-state index in [2.05, 4.69) is 10.4 Å². The van der Waals surface area contributed by atoms with E-state index in [1.54, 1.807) is 30.0 Å². The van der Waals surface area contributed by atoms with Crippen molar-refractivity contribution in [3.05, 3.63) is 58.6 Å². The van der Waals surface area contributed by atoms with Gasteiger partial charge in [-0.05, 0) is 49.6 Å². The summed E-state index contributed by atoms with van der Waals surface area (Å²) < 4.78 is 35.0. The molecular formula is C20H18ClF2N3O. The molecular weight excluding hydrogens is 372 g/mol. The van der Waals surface area contributed by atoms with Crippen LogP contribution in [0, 0.1) is 11.6 Å². The number of nitrogens with zero attached hydrogens (tertiary/aromatic N) is 2. The SMILES string of the molecule is COc1ccc(Cl)cc1-n1nc(-c2ccc(F)cc2F)c2c1NCCCC2. The van der Waals surface area contributed by atoms with Crippen LogP contribution in [0.25, 0.3) is 16.9 Å². The standard InChI is InChI=1S/C20H18ClF2N3O/c1-27-18-8-5-12(21)10-17(18)26-20-15(4-2-3-9-24-20)19(25-26)14-7-6-13(22)11-16(14)23/h5-8,10-11,24H,2-4,9H2,1H3. The maximum absolute atomic E-state index is 14.5. The number of hydrogen-bond donors (Lipinski definition) is 1. The van der Waals surface area contributed by atoms with Crippen LogP contribution in [-0.4, -0.2) is 23.4 Å². The Morgan fingerprint density at radius 1 is 1.15 bits per heavy atom. The number of rotatable bonds is 3. The number of anilines is 1. The normalized spacial score (nSPS) is 13.6. The summed E-state index contributed by atoms with van der Waals surface area (Å²) in [6.45, 7) is 0.785. The van der Waals surface area contributed by atoms with Crippen molar-refractivity contribution in [2.45, 2.75) is 19.3 Å². The van der Waals surface area contributed by atoms with Crippen molar-refractivity contribution in [2.24, 2.45) is 0 Å². The summed E-state index contributed by atoms with van der Waals surface area (Å²) in [7, 11) is 1.57. The number of nitrogens with one attached hydrogen (secondary N) is 1. The lowest BCUT2D eigenvalue weighted by Crippen LogP contribution is -2.08. The van der Waals surface area contributed by atoms with Gasteiger partial charge in [-0.25, -0.2) is 13.5 Å². The number of aromatic nitrogens is 2. The van der Waals surface area contributed by atoms with E-state index in [9.17, 15) is 8.78 Å². The van der Waals surface area contributed by atoms with Crippen LogP contribution in [-0.2, 0) is 6.42 Å². The van der Waals surface area contributed by atoms with Gasteiger partial charge >= 0.3 is 0 Å². The molecule has 1 aliphatic heterocycles. The molecule has 2 heterocycles. The Kier molecular flexibility index (Phi) is 4.74. The van der Waals surface area contributed by atoms with Crippen LogP contribution >= 0.6 is 11.6 Å². The number of benzene rings is 2. The Labute approximate surface area is 160 Å². The molecule has 7 heteroatoms. The molecule has 27 heavy (non-hydrogen) atoms. The quantitative estimate of drug-likeness (QED) is 0.666. The molecule has 0 fully saturated rings. The van der Waals surface area contributed by atoms with Gasteiger partial charge in [0.05, 0.1) is 7.11 Å². The summed E-state index contributed by atoms with van der Waals surface area (Å²) in [5.41, 5.74) is 2.33. The highest BCUT2D eigenvalue weighted by Gasteiger charge is 2.25. The number of ether oxygens (including phenoxy) is 1. The Bertz CT molecular complexity index is 1000. The first-order valence-electron chi connectivity index (χ1n) is 8.73. The second-order valence-corrected chi connectivity index (χ2v) is 6.85.